The van der Waals surface area contributed by atoms with Crippen LogP contribution in [0.2, 0.25) is 0 Å². The molecule has 0 radical (unpaired) electrons. The van der Waals surface area contributed by atoms with Crippen LogP contribution in [0.5, 0.6) is 0 Å². The minimum absolute atomic E-state index is 0.00260. The smallest absolute Gasteiger partial charge is 0.0911 e. The summed E-state index contributed by atoms with van der Waals surface area (Å²) in [5, 5.41) is 30.7. The molecule has 0 fully saturated rings. The number of aliphatic hydroxyl groups excluding tert-OH is 3. The lowest BCUT2D eigenvalue weighted by Gasteiger charge is -2.32. The van der Waals surface area contributed by atoms with E-state index in [4.69, 9.17) is 4.74 Å². The van der Waals surface area contributed by atoms with Gasteiger partial charge >= 0.3 is 0 Å². The Morgan fingerprint density at radius 2 is 1.39 bits per heavy atom. The van der Waals surface area contributed by atoms with Gasteiger partial charge in [0.1, 0.15) is 0 Å². The Balaban J connectivity index is 4.40. The Hall–Kier alpha value is -0.560. The number of hydrogen-bond donors (Lipinski definition) is 3. The third-order valence-electron chi connectivity index (χ3n) is 3.72. The second kappa shape index (κ2) is 8.53. The lowest BCUT2D eigenvalue weighted by Crippen LogP contribution is -2.39. The first kappa shape index (κ1) is 17.4. The van der Waals surface area contributed by atoms with Gasteiger partial charge in [0.25, 0.3) is 0 Å². The monoisotopic (exact) mass is 263 g/mol. The van der Waals surface area contributed by atoms with E-state index in [2.05, 4.69) is 5.18 Å². The van der Waals surface area contributed by atoms with E-state index in [1.807, 2.05) is 13.8 Å². The Morgan fingerprint density at radius 1 is 0.944 bits per heavy atom. The van der Waals surface area contributed by atoms with E-state index in [-0.39, 0.29) is 39.6 Å². The van der Waals surface area contributed by atoms with Gasteiger partial charge in [-0.3, -0.25) is 0 Å². The summed E-state index contributed by atoms with van der Waals surface area (Å²) in [4.78, 5) is 10.4. The zero-order chi connectivity index (χ0) is 14.1. The molecule has 108 valence electrons. The fourth-order valence-corrected chi connectivity index (χ4v) is 1.55. The summed E-state index contributed by atoms with van der Waals surface area (Å²) in [6, 6.07) is 0. The minimum atomic E-state index is -0.663. The molecule has 0 aliphatic carbocycles. The topological polar surface area (TPSA) is 99.3 Å². The summed E-state index contributed by atoms with van der Waals surface area (Å²) in [6.07, 6.45) is 1.16. The molecule has 0 aromatic heterocycles. The molecule has 1 unspecified atom stereocenters. The Kier molecular flexibility index (Phi) is 8.26. The van der Waals surface area contributed by atoms with Crippen molar-refractivity contribution in [3.8, 4) is 0 Å². The molecule has 0 aliphatic heterocycles. The van der Waals surface area contributed by atoms with Crippen molar-refractivity contribution in [2.24, 2.45) is 16.0 Å². The largest absolute Gasteiger partial charge is 0.396 e. The van der Waals surface area contributed by atoms with Gasteiger partial charge < -0.3 is 20.1 Å². The average Bonchev–Trinajstić information content (AvgIpc) is 2.43. The second-order valence-corrected chi connectivity index (χ2v) is 4.96. The maximum absolute atomic E-state index is 10.4. The molecule has 0 bridgehead atoms. The van der Waals surface area contributed by atoms with E-state index >= 15 is 0 Å². The van der Waals surface area contributed by atoms with Gasteiger partial charge in [-0.2, -0.15) is 4.91 Å². The van der Waals surface area contributed by atoms with E-state index in [1.165, 1.54) is 0 Å². The predicted octanol–water partition coefficient (Wildman–Crippen LogP) is 0.539. The standard InChI is InChI=1S/C12H25NO5/c1-3-11(6-14,5-13-17)9-18-10-12(4-2,7-15)8-16/h14-16H,3-10H2,1-2H3. The molecule has 0 amide bonds. The van der Waals surface area contributed by atoms with Gasteiger partial charge in [-0.15, -0.1) is 0 Å². The van der Waals surface area contributed by atoms with Gasteiger partial charge in [-0.1, -0.05) is 19.0 Å². The summed E-state index contributed by atoms with van der Waals surface area (Å²) in [5.41, 5.74) is -1.32. The summed E-state index contributed by atoms with van der Waals surface area (Å²) in [5.74, 6) is 0. The van der Waals surface area contributed by atoms with Gasteiger partial charge in [0.05, 0.1) is 39.6 Å². The van der Waals surface area contributed by atoms with Gasteiger partial charge in [0.2, 0.25) is 0 Å². The third-order valence-corrected chi connectivity index (χ3v) is 3.72. The molecule has 0 aromatic carbocycles. The Bertz CT molecular complexity index is 218. The van der Waals surface area contributed by atoms with Crippen LogP contribution < -0.4 is 0 Å². The predicted molar refractivity (Wildman–Crippen MR) is 68.2 cm³/mol. The summed E-state index contributed by atoms with van der Waals surface area (Å²) < 4.78 is 5.49. The van der Waals surface area contributed by atoms with Crippen LogP contribution in [0.25, 0.3) is 0 Å². The van der Waals surface area contributed by atoms with Crippen LogP contribution in [0.15, 0.2) is 5.18 Å². The normalized spacial score (nSPS) is 15.4. The van der Waals surface area contributed by atoms with Gasteiger partial charge in [-0.25, -0.2) is 0 Å². The van der Waals surface area contributed by atoms with E-state index in [9.17, 15) is 20.2 Å². The van der Waals surface area contributed by atoms with Crippen molar-refractivity contribution in [1.29, 1.82) is 0 Å². The molecule has 0 heterocycles. The molecule has 0 rings (SSSR count). The van der Waals surface area contributed by atoms with E-state index in [1.54, 1.807) is 0 Å². The second-order valence-electron chi connectivity index (χ2n) is 4.96. The number of nitrogens with zero attached hydrogens (tertiary/aromatic N) is 1. The van der Waals surface area contributed by atoms with E-state index in [0.717, 1.165) is 0 Å². The van der Waals surface area contributed by atoms with Crippen molar-refractivity contribution in [1.82, 2.24) is 0 Å². The zero-order valence-electron chi connectivity index (χ0n) is 11.3. The number of aliphatic hydroxyl groups is 3. The lowest BCUT2D eigenvalue weighted by atomic mass is 9.86. The van der Waals surface area contributed by atoms with Crippen LogP contribution >= 0.6 is 0 Å². The summed E-state index contributed by atoms with van der Waals surface area (Å²) >= 11 is 0. The molecule has 0 saturated carbocycles. The molecule has 0 aromatic rings. The third kappa shape index (κ3) is 4.61. The van der Waals surface area contributed by atoms with Crippen molar-refractivity contribution in [2.45, 2.75) is 26.7 Å². The molecule has 0 spiro atoms. The molecule has 18 heavy (non-hydrogen) atoms. The highest BCUT2D eigenvalue weighted by Gasteiger charge is 2.32. The fourth-order valence-electron chi connectivity index (χ4n) is 1.55. The van der Waals surface area contributed by atoms with E-state index < -0.39 is 10.8 Å². The Morgan fingerprint density at radius 3 is 1.72 bits per heavy atom. The first-order chi connectivity index (χ1) is 8.57. The molecule has 6 heteroatoms. The van der Waals surface area contributed by atoms with Crippen LogP contribution in [0.3, 0.4) is 0 Å². The SMILES string of the molecule is CCC(CO)(CO)COCC(CC)(CO)CN=O. The molecule has 1 atom stereocenters. The molecular formula is C12H25NO5. The van der Waals surface area contributed by atoms with Crippen molar-refractivity contribution >= 4 is 0 Å². The highest BCUT2D eigenvalue weighted by molar-refractivity contribution is 4.81. The summed E-state index contributed by atoms with van der Waals surface area (Å²) in [7, 11) is 0. The maximum Gasteiger partial charge on any atom is 0.0911 e. The fraction of sp³-hybridized carbons (Fsp3) is 1.00. The number of ether oxygens (including phenoxy) is 1. The Labute approximate surface area is 108 Å². The van der Waals surface area contributed by atoms with E-state index in [0.29, 0.717) is 12.8 Å². The first-order valence-corrected chi connectivity index (χ1v) is 6.27. The number of hydrogen-bond acceptors (Lipinski definition) is 6. The van der Waals surface area contributed by atoms with Crippen molar-refractivity contribution in [3.63, 3.8) is 0 Å². The highest BCUT2D eigenvalue weighted by atomic mass is 16.5. The van der Waals surface area contributed by atoms with Crippen LogP contribution in [0, 0.1) is 15.7 Å². The minimum Gasteiger partial charge on any atom is -0.396 e. The van der Waals surface area contributed by atoms with Gasteiger partial charge in [0.15, 0.2) is 0 Å². The molecule has 0 aliphatic rings. The number of rotatable bonds is 11. The number of nitroso groups, excluding NO2 is 1. The molecule has 0 saturated heterocycles. The van der Waals surface area contributed by atoms with Crippen molar-refractivity contribution in [2.75, 3.05) is 39.6 Å². The van der Waals surface area contributed by atoms with Crippen LogP contribution in [-0.2, 0) is 4.74 Å². The van der Waals surface area contributed by atoms with Crippen LogP contribution in [0.4, 0.5) is 0 Å². The first-order valence-electron chi connectivity index (χ1n) is 6.27. The van der Waals surface area contributed by atoms with Crippen molar-refractivity contribution < 1.29 is 20.1 Å². The lowest BCUT2D eigenvalue weighted by molar-refractivity contribution is -0.0630. The molecule has 3 N–H and O–H groups in total. The average molecular weight is 263 g/mol. The van der Waals surface area contributed by atoms with Crippen LogP contribution in [-0.4, -0.2) is 54.9 Å². The molecule has 6 nitrogen and oxygen atoms in total. The van der Waals surface area contributed by atoms with Gasteiger partial charge in [-0.05, 0) is 12.8 Å². The van der Waals surface area contributed by atoms with Gasteiger partial charge in [0, 0.05) is 10.8 Å². The highest BCUT2D eigenvalue weighted by Crippen LogP contribution is 2.25. The molecular weight excluding hydrogens is 238 g/mol. The summed E-state index contributed by atoms with van der Waals surface area (Å²) in [6.45, 7) is 3.60. The quantitative estimate of drug-likeness (QED) is 0.472. The van der Waals surface area contributed by atoms with Crippen molar-refractivity contribution in [3.05, 3.63) is 4.91 Å². The van der Waals surface area contributed by atoms with Crippen LogP contribution in [0.1, 0.15) is 26.7 Å². The maximum atomic E-state index is 10.4. The zero-order valence-corrected chi connectivity index (χ0v) is 11.3.